The molecule has 0 aliphatic carbocycles. The predicted octanol–water partition coefficient (Wildman–Crippen LogP) is 4.41. The van der Waals surface area contributed by atoms with Crippen molar-refractivity contribution in [2.45, 2.75) is 31.2 Å². The molecule has 0 aliphatic heterocycles. The largest absolute Gasteiger partial charge is 0.374 e. The molecule has 116 valence electrons. The van der Waals surface area contributed by atoms with Crippen molar-refractivity contribution in [2.24, 2.45) is 0 Å². The van der Waals surface area contributed by atoms with Gasteiger partial charge in [-0.1, -0.05) is 31.2 Å². The van der Waals surface area contributed by atoms with Crippen LogP contribution in [0.1, 0.15) is 19.4 Å². The number of thioether (sulfide) groups is 1. The van der Waals surface area contributed by atoms with Gasteiger partial charge in [-0.2, -0.15) is 0 Å². The van der Waals surface area contributed by atoms with Crippen molar-refractivity contribution in [1.82, 2.24) is 0 Å². The Hall–Kier alpha value is -1.94. The number of aryl methyl sites for hydroxylation is 1. The average Bonchev–Trinajstić information content (AvgIpc) is 2.55. The Labute approximate surface area is 136 Å². The Morgan fingerprint density at radius 1 is 1.18 bits per heavy atom. The summed E-state index contributed by atoms with van der Waals surface area (Å²) >= 11 is 1.62. The van der Waals surface area contributed by atoms with Gasteiger partial charge in [0.15, 0.2) is 0 Å². The molecule has 2 rings (SSSR count). The van der Waals surface area contributed by atoms with E-state index in [1.54, 1.807) is 11.8 Å². The molecule has 0 fully saturated rings. The maximum atomic E-state index is 12.4. The number of nitrogens with one attached hydrogen (secondary N) is 2. The minimum Gasteiger partial charge on any atom is -0.374 e. The van der Waals surface area contributed by atoms with Crippen LogP contribution in [0.4, 0.5) is 11.4 Å². The van der Waals surface area contributed by atoms with Gasteiger partial charge in [-0.25, -0.2) is 0 Å². The molecule has 0 aliphatic rings. The predicted molar refractivity (Wildman–Crippen MR) is 95.8 cm³/mol. The molecule has 0 radical (unpaired) electrons. The minimum atomic E-state index is -0.304. The van der Waals surface area contributed by atoms with Gasteiger partial charge in [0.05, 0.1) is 5.69 Å². The third-order valence-electron chi connectivity index (χ3n) is 3.48. The fraction of sp³-hybridized carbons (Fsp3) is 0.278. The molecule has 0 saturated heterocycles. The molecule has 0 bridgehead atoms. The van der Waals surface area contributed by atoms with Crippen LogP contribution in [0.3, 0.4) is 0 Å². The first-order valence-electron chi connectivity index (χ1n) is 7.43. The van der Waals surface area contributed by atoms with Crippen molar-refractivity contribution < 1.29 is 4.79 Å². The van der Waals surface area contributed by atoms with Crippen LogP contribution in [0.5, 0.6) is 0 Å². The summed E-state index contributed by atoms with van der Waals surface area (Å²) in [7, 11) is 0. The van der Waals surface area contributed by atoms with Crippen LogP contribution in [-0.2, 0) is 11.2 Å². The topological polar surface area (TPSA) is 41.1 Å². The van der Waals surface area contributed by atoms with Gasteiger partial charge in [0.1, 0.15) is 6.04 Å². The maximum absolute atomic E-state index is 12.4. The second kappa shape index (κ2) is 7.90. The number of anilines is 2. The summed E-state index contributed by atoms with van der Waals surface area (Å²) in [5.74, 6) is -0.0385. The van der Waals surface area contributed by atoms with E-state index in [9.17, 15) is 4.79 Å². The van der Waals surface area contributed by atoms with E-state index in [4.69, 9.17) is 0 Å². The molecular formula is C18H22N2OS. The van der Waals surface area contributed by atoms with Crippen molar-refractivity contribution in [3.63, 3.8) is 0 Å². The van der Waals surface area contributed by atoms with Gasteiger partial charge in [-0.05, 0) is 49.4 Å². The average molecular weight is 314 g/mol. The molecular weight excluding hydrogens is 292 g/mol. The number of rotatable bonds is 6. The molecule has 0 unspecified atom stereocenters. The van der Waals surface area contributed by atoms with Crippen LogP contribution in [0.25, 0.3) is 0 Å². The zero-order chi connectivity index (χ0) is 15.9. The Balaban J connectivity index is 2.02. The first-order chi connectivity index (χ1) is 10.6. The van der Waals surface area contributed by atoms with E-state index in [1.807, 2.05) is 49.6 Å². The molecule has 3 nitrogen and oxygen atoms in total. The SMILES string of the molecule is CCc1cccc(N[C@@H](C)C(=O)Nc2ccccc2SC)c1. The summed E-state index contributed by atoms with van der Waals surface area (Å²) in [5.41, 5.74) is 3.08. The van der Waals surface area contributed by atoms with Gasteiger partial charge < -0.3 is 10.6 Å². The van der Waals surface area contributed by atoms with Crippen LogP contribution in [-0.4, -0.2) is 18.2 Å². The molecule has 22 heavy (non-hydrogen) atoms. The molecule has 2 aromatic carbocycles. The molecule has 2 aromatic rings. The molecule has 2 N–H and O–H groups in total. The Kier molecular flexibility index (Phi) is 5.90. The third-order valence-corrected chi connectivity index (χ3v) is 4.27. The summed E-state index contributed by atoms with van der Waals surface area (Å²) in [4.78, 5) is 13.4. The fourth-order valence-electron chi connectivity index (χ4n) is 2.19. The van der Waals surface area contributed by atoms with Gasteiger partial charge in [0.2, 0.25) is 5.91 Å². The summed E-state index contributed by atoms with van der Waals surface area (Å²) in [6.07, 6.45) is 2.99. The first kappa shape index (κ1) is 16.4. The number of carbonyl (C=O) groups is 1. The zero-order valence-corrected chi connectivity index (χ0v) is 14.0. The number of para-hydroxylation sites is 1. The zero-order valence-electron chi connectivity index (χ0n) is 13.2. The highest BCUT2D eigenvalue weighted by Crippen LogP contribution is 2.24. The van der Waals surface area contributed by atoms with Crippen LogP contribution in [0.15, 0.2) is 53.4 Å². The van der Waals surface area contributed by atoms with E-state index < -0.39 is 0 Å². The van der Waals surface area contributed by atoms with Gasteiger partial charge in [-0.15, -0.1) is 11.8 Å². The monoisotopic (exact) mass is 314 g/mol. The van der Waals surface area contributed by atoms with E-state index >= 15 is 0 Å². The summed E-state index contributed by atoms with van der Waals surface area (Å²) in [5, 5.41) is 6.24. The van der Waals surface area contributed by atoms with Gasteiger partial charge in [-0.3, -0.25) is 4.79 Å². The van der Waals surface area contributed by atoms with Crippen molar-refractivity contribution in [3.05, 3.63) is 54.1 Å². The van der Waals surface area contributed by atoms with E-state index in [0.29, 0.717) is 0 Å². The van der Waals surface area contributed by atoms with E-state index in [0.717, 1.165) is 22.7 Å². The Morgan fingerprint density at radius 2 is 1.95 bits per heavy atom. The number of hydrogen-bond acceptors (Lipinski definition) is 3. The van der Waals surface area contributed by atoms with Gasteiger partial charge in [0, 0.05) is 10.6 Å². The highest BCUT2D eigenvalue weighted by atomic mass is 32.2. The molecule has 0 aromatic heterocycles. The number of amides is 1. The van der Waals surface area contributed by atoms with E-state index in [1.165, 1.54) is 5.56 Å². The van der Waals surface area contributed by atoms with Crippen LogP contribution >= 0.6 is 11.8 Å². The lowest BCUT2D eigenvalue weighted by Gasteiger charge is -2.17. The van der Waals surface area contributed by atoms with Crippen molar-refractivity contribution in [2.75, 3.05) is 16.9 Å². The minimum absolute atomic E-state index is 0.0385. The summed E-state index contributed by atoms with van der Waals surface area (Å²) in [6.45, 7) is 3.99. The Bertz CT molecular complexity index is 642. The molecule has 1 amide bonds. The standard InChI is InChI=1S/C18H22N2OS/c1-4-14-8-7-9-15(12-14)19-13(2)18(21)20-16-10-5-6-11-17(16)22-3/h5-13,19H,4H2,1-3H3,(H,20,21)/t13-/m0/s1. The summed E-state index contributed by atoms with van der Waals surface area (Å²) < 4.78 is 0. The lowest BCUT2D eigenvalue weighted by Crippen LogP contribution is -2.32. The first-order valence-corrected chi connectivity index (χ1v) is 8.66. The molecule has 1 atom stereocenters. The fourth-order valence-corrected chi connectivity index (χ4v) is 2.74. The summed E-state index contributed by atoms with van der Waals surface area (Å²) in [6, 6.07) is 15.7. The molecule has 0 heterocycles. The van der Waals surface area contributed by atoms with Crippen LogP contribution < -0.4 is 10.6 Å². The van der Waals surface area contributed by atoms with Gasteiger partial charge in [0.25, 0.3) is 0 Å². The van der Waals surface area contributed by atoms with Crippen molar-refractivity contribution in [1.29, 1.82) is 0 Å². The van der Waals surface area contributed by atoms with E-state index in [-0.39, 0.29) is 11.9 Å². The lowest BCUT2D eigenvalue weighted by atomic mass is 10.1. The lowest BCUT2D eigenvalue weighted by molar-refractivity contribution is -0.116. The molecule has 4 heteroatoms. The van der Waals surface area contributed by atoms with E-state index in [2.05, 4.69) is 29.7 Å². The normalized spacial score (nSPS) is 11.8. The second-order valence-corrected chi connectivity index (χ2v) is 5.96. The number of benzene rings is 2. The smallest absolute Gasteiger partial charge is 0.246 e. The Morgan fingerprint density at radius 3 is 2.68 bits per heavy atom. The quantitative estimate of drug-likeness (QED) is 0.776. The van der Waals surface area contributed by atoms with Gasteiger partial charge >= 0.3 is 0 Å². The molecule has 0 saturated carbocycles. The number of carbonyl (C=O) groups excluding carboxylic acids is 1. The maximum Gasteiger partial charge on any atom is 0.246 e. The second-order valence-electron chi connectivity index (χ2n) is 5.11. The highest BCUT2D eigenvalue weighted by Gasteiger charge is 2.14. The van der Waals surface area contributed by atoms with Crippen LogP contribution in [0.2, 0.25) is 0 Å². The highest BCUT2D eigenvalue weighted by molar-refractivity contribution is 7.98. The molecule has 0 spiro atoms. The van der Waals surface area contributed by atoms with Crippen molar-refractivity contribution in [3.8, 4) is 0 Å². The van der Waals surface area contributed by atoms with Crippen molar-refractivity contribution >= 4 is 29.0 Å². The van der Waals surface area contributed by atoms with Crippen LogP contribution in [0, 0.1) is 0 Å². The number of hydrogen-bond donors (Lipinski definition) is 2. The third kappa shape index (κ3) is 4.28.